The Hall–Kier alpha value is -0.860. The number of hydrogen-bond donors (Lipinski definition) is 1. The van der Waals surface area contributed by atoms with E-state index in [0.29, 0.717) is 0 Å². The van der Waals surface area contributed by atoms with Crippen molar-refractivity contribution in [3.8, 4) is 0 Å². The molecule has 0 saturated carbocycles. The van der Waals surface area contributed by atoms with Gasteiger partial charge in [-0.2, -0.15) is 0 Å². The number of hydrogen-bond acceptors (Lipinski definition) is 2. The number of rotatable bonds is 4. The van der Waals surface area contributed by atoms with E-state index >= 15 is 0 Å². The summed E-state index contributed by atoms with van der Waals surface area (Å²) in [6.07, 6.45) is 1.21. The molecular weight excluding hydrogens is 174 g/mol. The zero-order chi connectivity index (χ0) is 9.64. The largest absolute Gasteiger partial charge is 0.381 e. The van der Waals surface area contributed by atoms with Crippen LogP contribution >= 0.6 is 0 Å². The van der Waals surface area contributed by atoms with Crippen molar-refractivity contribution < 1.29 is 4.74 Å². The van der Waals surface area contributed by atoms with Gasteiger partial charge < -0.3 is 10.1 Å². The van der Waals surface area contributed by atoms with Crippen LogP contribution < -0.4 is 5.32 Å². The molecule has 1 heterocycles. The zero-order valence-electron chi connectivity index (χ0n) is 8.41. The molecular formula is C12H17NO. The van der Waals surface area contributed by atoms with Crippen molar-refractivity contribution >= 4 is 0 Å². The summed E-state index contributed by atoms with van der Waals surface area (Å²) in [6, 6.07) is 10.5. The van der Waals surface area contributed by atoms with Crippen LogP contribution in [0.2, 0.25) is 0 Å². The molecule has 0 amide bonds. The van der Waals surface area contributed by atoms with Crippen molar-refractivity contribution in [2.24, 2.45) is 5.92 Å². The molecule has 0 bridgehead atoms. The van der Waals surface area contributed by atoms with Gasteiger partial charge in [-0.05, 0) is 17.9 Å². The molecule has 0 aromatic heterocycles. The highest BCUT2D eigenvalue weighted by Gasteiger charge is 2.14. The monoisotopic (exact) mass is 191 g/mol. The van der Waals surface area contributed by atoms with Crippen molar-refractivity contribution in [2.45, 2.75) is 13.0 Å². The van der Waals surface area contributed by atoms with E-state index < -0.39 is 0 Å². The molecule has 0 unspecified atom stereocenters. The third-order valence-corrected chi connectivity index (χ3v) is 2.63. The van der Waals surface area contributed by atoms with Gasteiger partial charge in [0.15, 0.2) is 0 Å². The first-order valence-corrected chi connectivity index (χ1v) is 5.27. The average molecular weight is 191 g/mol. The Morgan fingerprint density at radius 2 is 2.14 bits per heavy atom. The van der Waals surface area contributed by atoms with Gasteiger partial charge in [0.2, 0.25) is 0 Å². The molecule has 2 rings (SSSR count). The topological polar surface area (TPSA) is 21.3 Å². The summed E-state index contributed by atoms with van der Waals surface area (Å²) in [4.78, 5) is 0. The summed E-state index contributed by atoms with van der Waals surface area (Å²) in [6.45, 7) is 3.92. The quantitative estimate of drug-likeness (QED) is 0.783. The standard InChI is InChI=1S/C12H17NO/c1-2-4-11(5-3-1)8-13-9-12-6-7-14-10-12/h1-5,12-13H,6-10H2/t12-/m1/s1. The molecule has 1 N–H and O–H groups in total. The molecule has 1 saturated heterocycles. The number of ether oxygens (including phenoxy) is 1. The van der Waals surface area contributed by atoms with Crippen LogP contribution in [-0.4, -0.2) is 19.8 Å². The summed E-state index contributed by atoms with van der Waals surface area (Å²) in [5, 5.41) is 3.46. The third kappa shape index (κ3) is 2.82. The van der Waals surface area contributed by atoms with Gasteiger partial charge in [-0.25, -0.2) is 0 Å². The second-order valence-corrected chi connectivity index (χ2v) is 3.85. The SMILES string of the molecule is c1ccc(CNC[C@H]2CCOC2)cc1. The Morgan fingerprint density at radius 3 is 2.86 bits per heavy atom. The zero-order valence-corrected chi connectivity index (χ0v) is 8.41. The summed E-state index contributed by atoms with van der Waals surface area (Å²) >= 11 is 0. The average Bonchev–Trinajstić information content (AvgIpc) is 2.72. The van der Waals surface area contributed by atoms with Crippen LogP contribution in [0.25, 0.3) is 0 Å². The Morgan fingerprint density at radius 1 is 1.29 bits per heavy atom. The fourth-order valence-corrected chi connectivity index (χ4v) is 1.76. The molecule has 1 aliphatic heterocycles. The normalized spacial score (nSPS) is 21.3. The van der Waals surface area contributed by atoms with E-state index in [1.54, 1.807) is 0 Å². The van der Waals surface area contributed by atoms with Gasteiger partial charge in [-0.1, -0.05) is 30.3 Å². The fraction of sp³-hybridized carbons (Fsp3) is 0.500. The molecule has 0 aliphatic carbocycles. The van der Waals surface area contributed by atoms with Crippen LogP contribution in [0.3, 0.4) is 0 Å². The maximum Gasteiger partial charge on any atom is 0.0507 e. The van der Waals surface area contributed by atoms with Crippen molar-refractivity contribution in [2.75, 3.05) is 19.8 Å². The first-order valence-electron chi connectivity index (χ1n) is 5.27. The van der Waals surface area contributed by atoms with Crippen molar-refractivity contribution in [3.05, 3.63) is 35.9 Å². The highest BCUT2D eigenvalue weighted by atomic mass is 16.5. The van der Waals surface area contributed by atoms with Crippen molar-refractivity contribution in [3.63, 3.8) is 0 Å². The lowest BCUT2D eigenvalue weighted by atomic mass is 10.1. The lowest BCUT2D eigenvalue weighted by molar-refractivity contribution is 0.185. The van der Waals surface area contributed by atoms with E-state index in [2.05, 4.69) is 29.6 Å². The molecule has 0 spiro atoms. The van der Waals surface area contributed by atoms with Crippen LogP contribution in [0.15, 0.2) is 30.3 Å². The van der Waals surface area contributed by atoms with E-state index in [-0.39, 0.29) is 0 Å². The molecule has 1 aromatic carbocycles. The first kappa shape index (κ1) is 9.69. The van der Waals surface area contributed by atoms with Crippen molar-refractivity contribution in [1.29, 1.82) is 0 Å². The highest BCUT2D eigenvalue weighted by molar-refractivity contribution is 5.14. The minimum atomic E-state index is 0.721. The maximum atomic E-state index is 5.32. The smallest absolute Gasteiger partial charge is 0.0507 e. The minimum Gasteiger partial charge on any atom is -0.381 e. The summed E-state index contributed by atoms with van der Waals surface area (Å²) < 4.78 is 5.32. The minimum absolute atomic E-state index is 0.721. The predicted octanol–water partition coefficient (Wildman–Crippen LogP) is 1.81. The van der Waals surface area contributed by atoms with E-state index in [0.717, 1.165) is 32.2 Å². The van der Waals surface area contributed by atoms with E-state index in [1.165, 1.54) is 12.0 Å². The van der Waals surface area contributed by atoms with Gasteiger partial charge in [-0.3, -0.25) is 0 Å². The lowest BCUT2D eigenvalue weighted by Gasteiger charge is -2.08. The highest BCUT2D eigenvalue weighted by Crippen LogP contribution is 2.10. The van der Waals surface area contributed by atoms with Gasteiger partial charge >= 0.3 is 0 Å². The Kier molecular flexibility index (Phi) is 3.55. The van der Waals surface area contributed by atoms with Crippen LogP contribution in [0.1, 0.15) is 12.0 Å². The summed E-state index contributed by atoms with van der Waals surface area (Å²) in [7, 11) is 0. The molecule has 1 aromatic rings. The van der Waals surface area contributed by atoms with Crippen LogP contribution in [0, 0.1) is 5.92 Å². The van der Waals surface area contributed by atoms with Gasteiger partial charge in [0.1, 0.15) is 0 Å². The van der Waals surface area contributed by atoms with Gasteiger partial charge in [0.25, 0.3) is 0 Å². The molecule has 2 nitrogen and oxygen atoms in total. The number of benzene rings is 1. The first-order chi connectivity index (χ1) is 6.95. The molecule has 1 atom stereocenters. The maximum absolute atomic E-state index is 5.32. The van der Waals surface area contributed by atoms with Crippen LogP contribution in [0.4, 0.5) is 0 Å². The Bertz CT molecular complexity index is 254. The molecule has 76 valence electrons. The van der Waals surface area contributed by atoms with Crippen LogP contribution in [-0.2, 0) is 11.3 Å². The molecule has 14 heavy (non-hydrogen) atoms. The summed E-state index contributed by atoms with van der Waals surface area (Å²) in [5.74, 6) is 0.721. The number of nitrogens with one attached hydrogen (secondary N) is 1. The van der Waals surface area contributed by atoms with E-state index in [1.807, 2.05) is 6.07 Å². The van der Waals surface area contributed by atoms with E-state index in [9.17, 15) is 0 Å². The Labute approximate surface area is 85.3 Å². The molecule has 0 radical (unpaired) electrons. The van der Waals surface area contributed by atoms with Crippen LogP contribution in [0.5, 0.6) is 0 Å². The van der Waals surface area contributed by atoms with Gasteiger partial charge in [0.05, 0.1) is 6.61 Å². The second kappa shape index (κ2) is 5.13. The van der Waals surface area contributed by atoms with E-state index in [4.69, 9.17) is 4.74 Å². The Balaban J connectivity index is 1.67. The van der Waals surface area contributed by atoms with Crippen molar-refractivity contribution in [1.82, 2.24) is 5.32 Å². The lowest BCUT2D eigenvalue weighted by Crippen LogP contribution is -2.22. The molecule has 2 heteroatoms. The second-order valence-electron chi connectivity index (χ2n) is 3.85. The summed E-state index contributed by atoms with van der Waals surface area (Å²) in [5.41, 5.74) is 1.35. The predicted molar refractivity (Wildman–Crippen MR) is 57.1 cm³/mol. The molecule has 1 aliphatic rings. The van der Waals surface area contributed by atoms with Gasteiger partial charge in [0, 0.05) is 19.7 Å². The van der Waals surface area contributed by atoms with Gasteiger partial charge in [-0.15, -0.1) is 0 Å². The fourth-order valence-electron chi connectivity index (χ4n) is 1.76. The third-order valence-electron chi connectivity index (χ3n) is 2.63. The molecule has 1 fully saturated rings.